The third kappa shape index (κ3) is 2.96. The van der Waals surface area contributed by atoms with Crippen molar-refractivity contribution in [1.29, 1.82) is 0 Å². The molecule has 1 atom stereocenters. The van der Waals surface area contributed by atoms with E-state index in [-0.39, 0.29) is 40.7 Å². The van der Waals surface area contributed by atoms with Crippen molar-refractivity contribution in [3.05, 3.63) is 0 Å². The third-order valence-electron chi connectivity index (χ3n) is 1.19. The van der Waals surface area contributed by atoms with Crippen LogP contribution in [0, 0.1) is 0 Å². The third-order valence-corrected chi connectivity index (χ3v) is 1.46. The summed E-state index contributed by atoms with van der Waals surface area (Å²) in [6, 6.07) is 0. The van der Waals surface area contributed by atoms with E-state index in [0.717, 1.165) is 12.8 Å². The molecule has 0 unspecified atom stereocenters. The van der Waals surface area contributed by atoms with Crippen LogP contribution < -0.4 is 34.7 Å². The maximum Gasteiger partial charge on any atom is 1.00 e. The van der Waals surface area contributed by atoms with E-state index in [9.17, 15) is 5.11 Å². The fourth-order valence-electron chi connectivity index (χ4n) is 0.764. The summed E-state index contributed by atoms with van der Waals surface area (Å²) in [5, 5.41) is 10.1. The summed E-state index contributed by atoms with van der Waals surface area (Å²) in [5.41, 5.74) is 0. The first-order valence-corrected chi connectivity index (χ1v) is 3.04. The molecule has 2 nitrogen and oxygen atoms in total. The summed E-state index contributed by atoms with van der Waals surface area (Å²) < 4.78 is 4.96. The Morgan fingerprint density at radius 3 is 2.56 bits per heavy atom. The summed E-state index contributed by atoms with van der Waals surface area (Å²) in [5.74, 6) is 0. The molecule has 0 aromatic heterocycles. The molecular formula is C5H7NaO2S. The van der Waals surface area contributed by atoms with Crippen molar-refractivity contribution >= 4 is 17.3 Å². The first-order chi connectivity index (χ1) is 3.80. The molecule has 4 heteroatoms. The average molecular weight is 154 g/mol. The van der Waals surface area contributed by atoms with Crippen molar-refractivity contribution < 1.29 is 39.4 Å². The molecule has 1 fully saturated rings. The zero-order chi connectivity index (χ0) is 5.98. The van der Waals surface area contributed by atoms with Gasteiger partial charge in [0.15, 0.2) is 0 Å². The van der Waals surface area contributed by atoms with Crippen LogP contribution in [0.5, 0.6) is 0 Å². The van der Waals surface area contributed by atoms with Gasteiger partial charge in [-0.05, 0) is 17.9 Å². The van der Waals surface area contributed by atoms with E-state index in [0.29, 0.717) is 6.61 Å². The molecule has 0 spiro atoms. The van der Waals surface area contributed by atoms with Crippen LogP contribution >= 0.6 is 12.2 Å². The van der Waals surface area contributed by atoms with Crippen LogP contribution in [0.3, 0.4) is 0 Å². The zero-order valence-corrected chi connectivity index (χ0v) is 8.24. The van der Waals surface area contributed by atoms with Gasteiger partial charge in [-0.3, -0.25) is 0 Å². The molecule has 9 heavy (non-hydrogen) atoms. The number of thiocarbonyl (C=S) groups is 1. The van der Waals surface area contributed by atoms with E-state index in [2.05, 4.69) is 12.2 Å². The molecule has 0 aliphatic carbocycles. The van der Waals surface area contributed by atoms with Gasteiger partial charge in [0.05, 0.1) is 6.10 Å². The maximum atomic E-state index is 10.3. The smallest absolute Gasteiger partial charge is 0.866 e. The van der Waals surface area contributed by atoms with Crippen LogP contribution in [0.2, 0.25) is 0 Å². The van der Waals surface area contributed by atoms with Crippen LogP contribution in [-0.2, 0) is 4.74 Å². The second-order valence-electron chi connectivity index (χ2n) is 1.82. The molecule has 0 amide bonds. The second-order valence-corrected chi connectivity index (χ2v) is 2.22. The van der Waals surface area contributed by atoms with Gasteiger partial charge < -0.3 is 9.84 Å². The summed E-state index contributed by atoms with van der Waals surface area (Å²) in [6.07, 6.45) is 1.54. The number of hydrogen-bond acceptors (Lipinski definition) is 3. The van der Waals surface area contributed by atoms with Crippen LogP contribution in [0.25, 0.3) is 0 Å². The van der Waals surface area contributed by atoms with Crippen molar-refractivity contribution in [1.82, 2.24) is 0 Å². The Hall–Kier alpha value is 0.850. The quantitative estimate of drug-likeness (QED) is 0.295. The van der Waals surface area contributed by atoms with Crippen LogP contribution in [-0.4, -0.2) is 17.8 Å². The molecular weight excluding hydrogens is 147 g/mol. The molecule has 0 aromatic rings. The predicted octanol–water partition coefficient (Wildman–Crippen LogP) is -3.14. The van der Waals surface area contributed by atoms with Gasteiger partial charge in [0.1, 0.15) is 0 Å². The summed E-state index contributed by atoms with van der Waals surface area (Å²) >= 11 is 4.37. The Kier molecular flexibility index (Phi) is 5.07. The number of ether oxygens (including phenoxy) is 1. The van der Waals surface area contributed by atoms with E-state index in [4.69, 9.17) is 4.74 Å². The fourth-order valence-corrected chi connectivity index (χ4v) is 0.949. The minimum Gasteiger partial charge on any atom is -0.866 e. The summed E-state index contributed by atoms with van der Waals surface area (Å²) in [7, 11) is 0. The van der Waals surface area contributed by atoms with E-state index >= 15 is 0 Å². The Morgan fingerprint density at radius 1 is 1.67 bits per heavy atom. The number of rotatable bonds is 1. The fraction of sp³-hybridized carbons (Fsp3) is 0.800. The van der Waals surface area contributed by atoms with E-state index in [1.807, 2.05) is 0 Å². The first kappa shape index (κ1) is 9.85. The molecule has 46 valence electrons. The van der Waals surface area contributed by atoms with Crippen molar-refractivity contribution in [2.45, 2.75) is 18.9 Å². The minimum atomic E-state index is -0.259. The molecule has 1 rings (SSSR count). The Labute approximate surface area is 81.9 Å². The molecule has 1 aliphatic heterocycles. The van der Waals surface area contributed by atoms with Crippen molar-refractivity contribution in [2.24, 2.45) is 0 Å². The Bertz CT molecular complexity index is 101. The molecule has 0 saturated carbocycles. The molecule has 0 radical (unpaired) electrons. The molecule has 1 aliphatic rings. The predicted molar refractivity (Wildman–Crippen MR) is 31.6 cm³/mol. The van der Waals surface area contributed by atoms with Gasteiger partial charge >= 0.3 is 29.6 Å². The van der Waals surface area contributed by atoms with Gasteiger partial charge in [0.2, 0.25) is 0 Å². The molecule has 1 saturated heterocycles. The minimum absolute atomic E-state index is 0. The van der Waals surface area contributed by atoms with Gasteiger partial charge in [-0.2, -0.15) is 0 Å². The Morgan fingerprint density at radius 2 is 2.33 bits per heavy atom. The van der Waals surface area contributed by atoms with Crippen LogP contribution in [0.1, 0.15) is 12.8 Å². The first-order valence-electron chi connectivity index (χ1n) is 2.63. The van der Waals surface area contributed by atoms with Gasteiger partial charge in [-0.25, -0.2) is 0 Å². The standard InChI is InChI=1S/C5H8O2S.Na/c6-5(8)4-2-1-3-7-4;/h4H,1-3H2,(H,6,8);/q;+1/p-1/t4-;/m1./s1. The summed E-state index contributed by atoms with van der Waals surface area (Å²) in [6.45, 7) is 0.701. The van der Waals surface area contributed by atoms with Gasteiger partial charge in [-0.1, -0.05) is 12.2 Å². The van der Waals surface area contributed by atoms with Gasteiger partial charge in [0, 0.05) is 6.61 Å². The van der Waals surface area contributed by atoms with E-state index in [1.165, 1.54) is 0 Å². The van der Waals surface area contributed by atoms with Crippen LogP contribution in [0.4, 0.5) is 0 Å². The van der Waals surface area contributed by atoms with E-state index < -0.39 is 0 Å². The summed E-state index contributed by atoms with van der Waals surface area (Å²) in [4.78, 5) is 0. The van der Waals surface area contributed by atoms with Gasteiger partial charge in [0.25, 0.3) is 0 Å². The van der Waals surface area contributed by atoms with Crippen LogP contribution in [0.15, 0.2) is 0 Å². The second kappa shape index (κ2) is 4.63. The number of hydrogen-bond donors (Lipinski definition) is 0. The zero-order valence-electron chi connectivity index (χ0n) is 5.42. The largest absolute Gasteiger partial charge is 1.00 e. The maximum absolute atomic E-state index is 10.3. The normalized spacial score (nSPS) is 25.1. The Balaban J connectivity index is 0.000000640. The van der Waals surface area contributed by atoms with E-state index in [1.54, 1.807) is 0 Å². The van der Waals surface area contributed by atoms with Crippen molar-refractivity contribution in [3.63, 3.8) is 0 Å². The van der Waals surface area contributed by atoms with Crippen molar-refractivity contribution in [2.75, 3.05) is 6.61 Å². The van der Waals surface area contributed by atoms with Gasteiger partial charge in [-0.15, -0.1) is 0 Å². The molecule has 0 bridgehead atoms. The molecule has 1 heterocycles. The molecule has 0 aromatic carbocycles. The topological polar surface area (TPSA) is 32.3 Å². The average Bonchev–Trinajstić information content (AvgIpc) is 2.12. The SMILES string of the molecule is [Na+].[O-]C(=S)[C@H]1CCCO1. The molecule has 0 N–H and O–H groups in total. The van der Waals surface area contributed by atoms with Crippen molar-refractivity contribution in [3.8, 4) is 0 Å². The monoisotopic (exact) mass is 154 g/mol.